The number of aromatic nitrogens is 2. The number of amides is 2. The summed E-state index contributed by atoms with van der Waals surface area (Å²) >= 11 is 0. The summed E-state index contributed by atoms with van der Waals surface area (Å²) in [6.07, 6.45) is 3.12. The van der Waals surface area contributed by atoms with E-state index in [4.69, 9.17) is 0 Å². The van der Waals surface area contributed by atoms with Crippen LogP contribution in [0.1, 0.15) is 34.3 Å². The second kappa shape index (κ2) is 6.17. The molecule has 1 aliphatic heterocycles. The zero-order chi connectivity index (χ0) is 19.3. The first-order valence-corrected chi connectivity index (χ1v) is 9.44. The van der Waals surface area contributed by atoms with Gasteiger partial charge < -0.3 is 10.3 Å². The van der Waals surface area contributed by atoms with Gasteiger partial charge in [0.25, 0.3) is 5.91 Å². The number of anilines is 1. The molecule has 5 rings (SSSR count). The molecule has 7 nitrogen and oxygen atoms in total. The van der Waals surface area contributed by atoms with Gasteiger partial charge in [0.15, 0.2) is 0 Å². The Kier molecular flexibility index (Phi) is 3.73. The summed E-state index contributed by atoms with van der Waals surface area (Å²) in [5, 5.41) is 13.9. The predicted octanol–water partition coefficient (Wildman–Crippen LogP) is 2.59. The normalized spacial score (nSPS) is 21.0. The number of fused-ring (bicyclic) bond motifs is 2. The van der Waals surface area contributed by atoms with E-state index < -0.39 is 5.91 Å². The van der Waals surface area contributed by atoms with Crippen molar-refractivity contribution in [3.63, 3.8) is 0 Å². The lowest BCUT2D eigenvalue weighted by atomic mass is 9.70. The predicted molar refractivity (Wildman–Crippen MR) is 103 cm³/mol. The van der Waals surface area contributed by atoms with Gasteiger partial charge in [0.05, 0.1) is 16.4 Å². The number of aryl methyl sites for hydroxylation is 1. The summed E-state index contributed by atoms with van der Waals surface area (Å²) in [6.45, 7) is 0.712. The molecular weight excluding hydrogens is 356 g/mol. The third kappa shape index (κ3) is 2.58. The Morgan fingerprint density at radius 3 is 2.79 bits per heavy atom. The molecule has 2 amide bonds. The van der Waals surface area contributed by atoms with Crippen molar-refractivity contribution >= 4 is 28.8 Å². The molecule has 3 N–H and O–H groups in total. The van der Waals surface area contributed by atoms with Crippen molar-refractivity contribution in [2.24, 2.45) is 5.41 Å². The van der Waals surface area contributed by atoms with Crippen molar-refractivity contribution < 1.29 is 14.8 Å². The van der Waals surface area contributed by atoms with Gasteiger partial charge in [-0.3, -0.25) is 14.8 Å². The van der Waals surface area contributed by atoms with Crippen molar-refractivity contribution in [1.29, 1.82) is 0 Å². The number of hydroxylamine groups is 1. The molecule has 1 spiro atoms. The molecule has 3 aromatic rings. The topological polar surface area (TPSA) is 98.3 Å². The van der Waals surface area contributed by atoms with Crippen molar-refractivity contribution in [3.8, 4) is 0 Å². The van der Waals surface area contributed by atoms with Crippen LogP contribution in [-0.4, -0.2) is 33.5 Å². The van der Waals surface area contributed by atoms with Crippen molar-refractivity contribution in [1.82, 2.24) is 15.3 Å². The number of aromatic amines is 1. The number of imidazole rings is 1. The van der Waals surface area contributed by atoms with Gasteiger partial charge in [0.1, 0.15) is 0 Å². The SMILES string of the molecule is O=C(c1ccc2c(c1)C[C@]1(CCNC1=O)CC2)N(O)c1nc2ccccc2[nH]1. The lowest BCUT2D eigenvalue weighted by Gasteiger charge is -2.32. The molecule has 1 fully saturated rings. The largest absolute Gasteiger partial charge is 0.356 e. The number of carbonyl (C=O) groups is 2. The first kappa shape index (κ1) is 16.9. The average molecular weight is 376 g/mol. The van der Waals surface area contributed by atoms with Crippen LogP contribution in [0.3, 0.4) is 0 Å². The standard InChI is InChI=1S/C21H20N4O3/c26-18(25(28)20-23-16-3-1-2-4-17(16)24-20)14-6-5-13-7-8-21(12-15(13)11-14)9-10-22-19(21)27/h1-6,11,28H,7-10,12H2,(H,22,27)(H,23,24)/t21-/m1/s1. The third-order valence-electron chi connectivity index (χ3n) is 6.00. The van der Waals surface area contributed by atoms with E-state index in [-0.39, 0.29) is 17.3 Å². The zero-order valence-electron chi connectivity index (χ0n) is 15.2. The Morgan fingerprint density at radius 1 is 1.14 bits per heavy atom. The number of benzene rings is 2. The molecule has 0 unspecified atom stereocenters. The molecule has 2 aromatic carbocycles. The number of nitrogens with zero attached hydrogens (tertiary/aromatic N) is 2. The molecule has 7 heteroatoms. The first-order valence-electron chi connectivity index (χ1n) is 9.44. The molecular formula is C21H20N4O3. The average Bonchev–Trinajstić information content (AvgIpc) is 3.30. The van der Waals surface area contributed by atoms with Crippen molar-refractivity contribution in [2.75, 3.05) is 11.6 Å². The van der Waals surface area contributed by atoms with Gasteiger partial charge in [-0.15, -0.1) is 0 Å². The Bertz CT molecular complexity index is 1070. The van der Waals surface area contributed by atoms with E-state index >= 15 is 0 Å². The van der Waals surface area contributed by atoms with E-state index in [2.05, 4.69) is 15.3 Å². The van der Waals surface area contributed by atoms with E-state index in [0.29, 0.717) is 29.1 Å². The molecule has 0 saturated carbocycles. The number of hydrogen-bond acceptors (Lipinski definition) is 4. The summed E-state index contributed by atoms with van der Waals surface area (Å²) in [4.78, 5) is 32.3. The Balaban J connectivity index is 1.44. The number of hydrogen-bond donors (Lipinski definition) is 3. The third-order valence-corrected chi connectivity index (χ3v) is 6.00. The summed E-state index contributed by atoms with van der Waals surface area (Å²) in [5.41, 5.74) is 3.60. The van der Waals surface area contributed by atoms with Crippen LogP contribution in [0, 0.1) is 5.41 Å². The second-order valence-electron chi connectivity index (χ2n) is 7.64. The van der Waals surface area contributed by atoms with Gasteiger partial charge in [0.2, 0.25) is 11.9 Å². The summed E-state index contributed by atoms with van der Waals surface area (Å²) in [5.74, 6) is -0.367. The Labute approximate surface area is 161 Å². The molecule has 0 bridgehead atoms. The summed E-state index contributed by atoms with van der Waals surface area (Å²) in [7, 11) is 0. The minimum Gasteiger partial charge on any atom is -0.356 e. The number of carbonyl (C=O) groups excluding carboxylic acids is 2. The maximum Gasteiger partial charge on any atom is 0.284 e. The fourth-order valence-electron chi connectivity index (χ4n) is 4.38. The Morgan fingerprint density at radius 2 is 2.00 bits per heavy atom. The van der Waals surface area contributed by atoms with E-state index in [1.807, 2.05) is 24.3 Å². The van der Waals surface area contributed by atoms with Crippen molar-refractivity contribution in [3.05, 3.63) is 59.2 Å². The maximum atomic E-state index is 12.8. The number of nitrogens with one attached hydrogen (secondary N) is 2. The highest BCUT2D eigenvalue weighted by atomic mass is 16.5. The van der Waals surface area contributed by atoms with Crippen LogP contribution < -0.4 is 10.4 Å². The van der Waals surface area contributed by atoms with Crippen molar-refractivity contribution in [2.45, 2.75) is 25.7 Å². The minimum absolute atomic E-state index is 0.0792. The number of rotatable bonds is 2. The molecule has 28 heavy (non-hydrogen) atoms. The van der Waals surface area contributed by atoms with Gasteiger partial charge in [-0.05, 0) is 61.1 Å². The van der Waals surface area contributed by atoms with Gasteiger partial charge >= 0.3 is 0 Å². The van der Waals surface area contributed by atoms with Gasteiger partial charge in [-0.1, -0.05) is 18.2 Å². The summed E-state index contributed by atoms with van der Waals surface area (Å²) < 4.78 is 0. The smallest absolute Gasteiger partial charge is 0.284 e. The zero-order valence-corrected chi connectivity index (χ0v) is 15.2. The van der Waals surface area contributed by atoms with E-state index in [1.165, 1.54) is 0 Å². The summed E-state index contributed by atoms with van der Waals surface area (Å²) in [6, 6.07) is 12.8. The highest BCUT2D eigenvalue weighted by molar-refractivity contribution is 6.04. The van der Waals surface area contributed by atoms with Gasteiger partial charge in [0, 0.05) is 12.1 Å². The fraction of sp³-hybridized carbons (Fsp3) is 0.286. The quantitative estimate of drug-likeness (QED) is 0.473. The highest BCUT2D eigenvalue weighted by Crippen LogP contribution is 2.41. The molecule has 142 valence electrons. The van der Waals surface area contributed by atoms with Crippen LogP contribution in [0.15, 0.2) is 42.5 Å². The number of H-pyrrole nitrogens is 1. The lowest BCUT2D eigenvalue weighted by molar-refractivity contribution is -0.128. The Hall–Kier alpha value is -3.19. The molecule has 2 heterocycles. The van der Waals surface area contributed by atoms with Gasteiger partial charge in [-0.25, -0.2) is 4.98 Å². The van der Waals surface area contributed by atoms with Crippen LogP contribution in [0.5, 0.6) is 0 Å². The van der Waals surface area contributed by atoms with Crippen LogP contribution in [0.25, 0.3) is 11.0 Å². The molecule has 2 aliphatic rings. The molecule has 1 atom stereocenters. The van der Waals surface area contributed by atoms with Crippen LogP contribution in [-0.2, 0) is 17.6 Å². The van der Waals surface area contributed by atoms with E-state index in [9.17, 15) is 14.8 Å². The van der Waals surface area contributed by atoms with Crippen LogP contribution in [0.4, 0.5) is 5.95 Å². The van der Waals surface area contributed by atoms with E-state index in [1.54, 1.807) is 18.2 Å². The first-order chi connectivity index (χ1) is 13.6. The lowest BCUT2D eigenvalue weighted by Crippen LogP contribution is -2.36. The van der Waals surface area contributed by atoms with E-state index in [0.717, 1.165) is 35.9 Å². The van der Waals surface area contributed by atoms with Crippen LogP contribution >= 0.6 is 0 Å². The monoisotopic (exact) mass is 376 g/mol. The highest BCUT2D eigenvalue weighted by Gasteiger charge is 2.44. The fourth-order valence-corrected chi connectivity index (χ4v) is 4.38. The van der Waals surface area contributed by atoms with Crippen LogP contribution in [0.2, 0.25) is 0 Å². The van der Waals surface area contributed by atoms with Gasteiger partial charge in [-0.2, -0.15) is 5.06 Å². The molecule has 1 aromatic heterocycles. The second-order valence-corrected chi connectivity index (χ2v) is 7.64. The number of para-hydroxylation sites is 2. The molecule has 1 saturated heterocycles. The molecule has 1 aliphatic carbocycles. The minimum atomic E-state index is -0.558. The molecule has 0 radical (unpaired) electrons. The maximum absolute atomic E-state index is 12.8.